The van der Waals surface area contributed by atoms with Crippen molar-refractivity contribution >= 4 is 23.0 Å². The molecule has 0 bridgehead atoms. The Balaban J connectivity index is 1.67. The lowest BCUT2D eigenvalue weighted by atomic mass is 10.3. The van der Waals surface area contributed by atoms with Gasteiger partial charge < -0.3 is 14.5 Å². The van der Waals surface area contributed by atoms with Gasteiger partial charge in [-0.05, 0) is 38.2 Å². The smallest absolute Gasteiger partial charge is 0.187 e. The first kappa shape index (κ1) is 15.9. The Kier molecular flexibility index (Phi) is 6.16. The van der Waals surface area contributed by atoms with Crippen LogP contribution in [-0.4, -0.2) is 55.1 Å². The van der Waals surface area contributed by atoms with E-state index in [1.54, 1.807) is 0 Å². The van der Waals surface area contributed by atoms with Crippen LogP contribution < -0.4 is 10.7 Å². The summed E-state index contributed by atoms with van der Waals surface area (Å²) in [7, 11) is 0. The molecule has 7 heteroatoms. The Morgan fingerprint density at radius 2 is 2.14 bits per heavy atom. The molecule has 2 rings (SSSR count). The number of ether oxygens (including phenoxy) is 1. The Hall–Kier alpha value is -1.44. The Morgan fingerprint density at radius 3 is 2.81 bits per heavy atom. The fourth-order valence-electron chi connectivity index (χ4n) is 2.01. The van der Waals surface area contributed by atoms with Crippen LogP contribution in [0.3, 0.4) is 0 Å². The van der Waals surface area contributed by atoms with Crippen LogP contribution in [0.25, 0.3) is 0 Å². The first-order valence-electron chi connectivity index (χ1n) is 7.10. The molecule has 2 N–H and O–H groups in total. The highest BCUT2D eigenvalue weighted by Crippen LogP contribution is 2.06. The van der Waals surface area contributed by atoms with Gasteiger partial charge in [0.25, 0.3) is 0 Å². The van der Waals surface area contributed by atoms with E-state index >= 15 is 0 Å². The van der Waals surface area contributed by atoms with Crippen molar-refractivity contribution in [3.05, 3.63) is 23.7 Å². The summed E-state index contributed by atoms with van der Waals surface area (Å²) in [5, 5.41) is 7.87. The van der Waals surface area contributed by atoms with Crippen LogP contribution in [0, 0.1) is 6.92 Å². The number of hydrazone groups is 1. The van der Waals surface area contributed by atoms with Crippen LogP contribution in [0.5, 0.6) is 0 Å². The number of thiocarbonyl (C=S) groups is 1. The number of furan rings is 1. The second-order valence-electron chi connectivity index (χ2n) is 4.93. The molecule has 21 heavy (non-hydrogen) atoms. The van der Waals surface area contributed by atoms with Crippen molar-refractivity contribution < 1.29 is 9.15 Å². The summed E-state index contributed by atoms with van der Waals surface area (Å²) in [6.07, 6.45) is 0. The lowest BCUT2D eigenvalue weighted by Gasteiger charge is -2.26. The van der Waals surface area contributed by atoms with Crippen molar-refractivity contribution in [3.8, 4) is 0 Å². The topological polar surface area (TPSA) is 62.0 Å². The maximum absolute atomic E-state index is 5.49. The van der Waals surface area contributed by atoms with Gasteiger partial charge in [-0.3, -0.25) is 10.3 Å². The lowest BCUT2D eigenvalue weighted by molar-refractivity contribution is 0.0389. The predicted molar refractivity (Wildman–Crippen MR) is 86.7 cm³/mol. The van der Waals surface area contributed by atoms with E-state index in [0.29, 0.717) is 5.11 Å². The highest BCUT2D eigenvalue weighted by Gasteiger charge is 2.09. The maximum Gasteiger partial charge on any atom is 0.187 e. The number of hydrogen-bond acceptors (Lipinski definition) is 5. The molecule has 1 fully saturated rings. The molecule has 0 spiro atoms. The van der Waals surface area contributed by atoms with Crippen LogP contribution in [0.2, 0.25) is 0 Å². The summed E-state index contributed by atoms with van der Waals surface area (Å²) in [5.41, 5.74) is 3.60. The molecule has 0 amide bonds. The van der Waals surface area contributed by atoms with Gasteiger partial charge in [-0.2, -0.15) is 5.10 Å². The zero-order valence-electron chi connectivity index (χ0n) is 12.5. The second-order valence-corrected chi connectivity index (χ2v) is 5.34. The number of hydrogen-bond donors (Lipinski definition) is 2. The van der Waals surface area contributed by atoms with Gasteiger partial charge in [0.05, 0.1) is 13.2 Å². The Bertz CT molecular complexity index is 495. The number of nitrogens with one attached hydrogen (secondary N) is 2. The minimum Gasteiger partial charge on any atom is -0.460 e. The van der Waals surface area contributed by atoms with Gasteiger partial charge >= 0.3 is 0 Å². The van der Waals surface area contributed by atoms with Gasteiger partial charge in [0.15, 0.2) is 5.11 Å². The molecule has 1 saturated heterocycles. The fraction of sp³-hybridized carbons (Fsp3) is 0.571. The predicted octanol–water partition coefficient (Wildman–Crippen LogP) is 1.11. The first-order chi connectivity index (χ1) is 10.1. The number of aryl methyl sites for hydroxylation is 1. The summed E-state index contributed by atoms with van der Waals surface area (Å²) >= 11 is 5.19. The third-order valence-electron chi connectivity index (χ3n) is 3.24. The second kappa shape index (κ2) is 8.11. The van der Waals surface area contributed by atoms with Crippen molar-refractivity contribution in [2.24, 2.45) is 5.10 Å². The molecule has 0 unspecified atom stereocenters. The standard InChI is InChI=1S/C14H22N4O2S/c1-11-3-4-13(20-11)12(2)16-17-14(21)15-5-6-18-7-9-19-10-8-18/h3-4H,5-10H2,1-2H3,(H2,15,17,21)/b16-12-. The van der Waals surface area contributed by atoms with Crippen molar-refractivity contribution in [3.63, 3.8) is 0 Å². The molecule has 1 aromatic rings. The SMILES string of the molecule is C/C(=N/NC(=S)NCCN1CCOCC1)c1ccc(C)o1. The molecule has 2 heterocycles. The number of rotatable bonds is 5. The molecule has 116 valence electrons. The van der Waals surface area contributed by atoms with Crippen molar-refractivity contribution in [1.29, 1.82) is 0 Å². The molecular formula is C14H22N4O2S. The minimum atomic E-state index is 0.519. The van der Waals surface area contributed by atoms with Gasteiger partial charge in [0.1, 0.15) is 17.2 Å². The molecule has 1 aromatic heterocycles. The third kappa shape index (κ3) is 5.45. The average Bonchev–Trinajstić information content (AvgIpc) is 2.92. The van der Waals surface area contributed by atoms with Crippen LogP contribution in [0.15, 0.2) is 21.7 Å². The normalized spacial score (nSPS) is 16.8. The molecule has 0 atom stereocenters. The summed E-state index contributed by atoms with van der Waals surface area (Å²) in [4.78, 5) is 2.35. The van der Waals surface area contributed by atoms with E-state index in [1.807, 2.05) is 26.0 Å². The molecule has 1 aliphatic heterocycles. The Morgan fingerprint density at radius 1 is 1.38 bits per heavy atom. The zero-order valence-corrected chi connectivity index (χ0v) is 13.3. The summed E-state index contributed by atoms with van der Waals surface area (Å²) < 4.78 is 10.8. The van der Waals surface area contributed by atoms with Crippen molar-refractivity contribution in [1.82, 2.24) is 15.6 Å². The van der Waals surface area contributed by atoms with E-state index in [-0.39, 0.29) is 0 Å². The van der Waals surface area contributed by atoms with Crippen LogP contribution >= 0.6 is 12.2 Å². The maximum atomic E-state index is 5.49. The van der Waals surface area contributed by atoms with Crippen LogP contribution in [-0.2, 0) is 4.74 Å². The van der Waals surface area contributed by atoms with Gasteiger partial charge in [-0.1, -0.05) is 0 Å². The van der Waals surface area contributed by atoms with E-state index in [2.05, 4.69) is 20.7 Å². The largest absolute Gasteiger partial charge is 0.460 e. The van der Waals surface area contributed by atoms with E-state index in [0.717, 1.165) is 56.6 Å². The van der Waals surface area contributed by atoms with Crippen molar-refractivity contribution in [2.45, 2.75) is 13.8 Å². The van der Waals surface area contributed by atoms with Crippen molar-refractivity contribution in [2.75, 3.05) is 39.4 Å². The van der Waals surface area contributed by atoms with Crippen LogP contribution in [0.1, 0.15) is 18.4 Å². The molecule has 6 nitrogen and oxygen atoms in total. The van der Waals surface area contributed by atoms with Gasteiger partial charge in [-0.25, -0.2) is 0 Å². The monoisotopic (exact) mass is 310 g/mol. The van der Waals surface area contributed by atoms with E-state index in [9.17, 15) is 0 Å². The van der Waals surface area contributed by atoms with Gasteiger partial charge in [-0.15, -0.1) is 0 Å². The van der Waals surface area contributed by atoms with E-state index in [4.69, 9.17) is 21.4 Å². The molecule has 0 aromatic carbocycles. The minimum absolute atomic E-state index is 0.519. The molecule has 1 aliphatic rings. The Labute approximate surface area is 130 Å². The van der Waals surface area contributed by atoms with E-state index in [1.165, 1.54) is 0 Å². The quantitative estimate of drug-likeness (QED) is 0.483. The lowest BCUT2D eigenvalue weighted by Crippen LogP contribution is -2.42. The zero-order chi connectivity index (χ0) is 15.1. The highest BCUT2D eigenvalue weighted by atomic mass is 32.1. The van der Waals surface area contributed by atoms with Gasteiger partial charge in [0.2, 0.25) is 0 Å². The average molecular weight is 310 g/mol. The molecule has 0 saturated carbocycles. The molecular weight excluding hydrogens is 288 g/mol. The van der Waals surface area contributed by atoms with E-state index < -0.39 is 0 Å². The summed E-state index contributed by atoms with van der Waals surface area (Å²) in [6, 6.07) is 3.80. The van der Waals surface area contributed by atoms with Crippen LogP contribution in [0.4, 0.5) is 0 Å². The third-order valence-corrected chi connectivity index (χ3v) is 3.48. The first-order valence-corrected chi connectivity index (χ1v) is 7.51. The van der Waals surface area contributed by atoms with Gasteiger partial charge in [0, 0.05) is 26.2 Å². The molecule has 0 radical (unpaired) electrons. The molecule has 0 aliphatic carbocycles. The summed E-state index contributed by atoms with van der Waals surface area (Å²) in [6.45, 7) is 9.12. The summed E-state index contributed by atoms with van der Waals surface area (Å²) in [5.74, 6) is 1.61. The fourth-order valence-corrected chi connectivity index (χ4v) is 2.16. The highest BCUT2D eigenvalue weighted by molar-refractivity contribution is 7.80. The number of morpholine rings is 1. The number of nitrogens with zero attached hydrogens (tertiary/aromatic N) is 2.